The molecule has 0 aliphatic carbocycles. The molecule has 1 aromatic carbocycles. The van der Waals surface area contributed by atoms with Crippen molar-refractivity contribution in [3.8, 4) is 0 Å². The first-order chi connectivity index (χ1) is 7.72. The Bertz CT molecular complexity index is 498. The van der Waals surface area contributed by atoms with E-state index in [2.05, 4.69) is 15.5 Å². The molecular formula is C9H10ClN5S. The van der Waals surface area contributed by atoms with Gasteiger partial charge in [-0.15, -0.1) is 5.10 Å². The highest BCUT2D eigenvalue weighted by Crippen LogP contribution is 2.31. The Balaban J connectivity index is 2.35. The summed E-state index contributed by atoms with van der Waals surface area (Å²) in [5.74, 6) is 0. The third-order valence-corrected chi connectivity index (χ3v) is 3.55. The van der Waals surface area contributed by atoms with Gasteiger partial charge in [-0.3, -0.25) is 0 Å². The molecule has 16 heavy (non-hydrogen) atoms. The van der Waals surface area contributed by atoms with E-state index in [1.807, 2.05) is 18.2 Å². The summed E-state index contributed by atoms with van der Waals surface area (Å²) in [7, 11) is 1.79. The van der Waals surface area contributed by atoms with E-state index in [1.54, 1.807) is 11.7 Å². The molecule has 0 saturated carbocycles. The van der Waals surface area contributed by atoms with E-state index in [9.17, 15) is 0 Å². The van der Waals surface area contributed by atoms with Crippen molar-refractivity contribution in [2.24, 2.45) is 12.8 Å². The van der Waals surface area contributed by atoms with Crippen LogP contribution >= 0.6 is 23.4 Å². The fraction of sp³-hybridized carbons (Fsp3) is 0.222. The van der Waals surface area contributed by atoms with Gasteiger partial charge in [0.25, 0.3) is 0 Å². The summed E-state index contributed by atoms with van der Waals surface area (Å²) in [5, 5.41) is 12.6. The van der Waals surface area contributed by atoms with E-state index in [0.717, 1.165) is 10.5 Å². The zero-order chi connectivity index (χ0) is 11.5. The zero-order valence-corrected chi connectivity index (χ0v) is 10.2. The van der Waals surface area contributed by atoms with Gasteiger partial charge in [0.15, 0.2) is 0 Å². The maximum Gasteiger partial charge on any atom is 0.213 e. The average molecular weight is 256 g/mol. The minimum Gasteiger partial charge on any atom is -0.326 e. The molecule has 1 heterocycles. The smallest absolute Gasteiger partial charge is 0.213 e. The average Bonchev–Trinajstić information content (AvgIpc) is 2.65. The molecule has 7 heteroatoms. The van der Waals surface area contributed by atoms with Crippen molar-refractivity contribution in [1.82, 2.24) is 20.2 Å². The summed E-state index contributed by atoms with van der Waals surface area (Å²) in [6.07, 6.45) is 0. The number of hydrogen-bond acceptors (Lipinski definition) is 5. The number of benzene rings is 1. The minimum atomic E-state index is 0.396. The normalized spacial score (nSPS) is 10.7. The first kappa shape index (κ1) is 11.4. The molecule has 0 spiro atoms. The molecule has 1 aromatic heterocycles. The quantitative estimate of drug-likeness (QED) is 0.900. The molecule has 0 unspecified atom stereocenters. The topological polar surface area (TPSA) is 69.6 Å². The molecule has 0 saturated heterocycles. The molecule has 0 fully saturated rings. The van der Waals surface area contributed by atoms with Crippen LogP contribution in [0.25, 0.3) is 0 Å². The highest BCUT2D eigenvalue weighted by atomic mass is 35.5. The number of nitrogens with zero attached hydrogens (tertiary/aromatic N) is 4. The van der Waals surface area contributed by atoms with Crippen LogP contribution < -0.4 is 5.73 Å². The van der Waals surface area contributed by atoms with Crippen molar-refractivity contribution in [1.29, 1.82) is 0 Å². The number of rotatable bonds is 3. The number of aryl methyl sites for hydroxylation is 1. The summed E-state index contributed by atoms with van der Waals surface area (Å²) in [4.78, 5) is 0.980. The molecule has 0 aliphatic heterocycles. The first-order valence-electron chi connectivity index (χ1n) is 4.60. The van der Waals surface area contributed by atoms with Crippen LogP contribution in [-0.2, 0) is 13.6 Å². The molecule has 2 aromatic rings. The van der Waals surface area contributed by atoms with E-state index in [4.69, 9.17) is 17.3 Å². The third-order valence-electron chi connectivity index (χ3n) is 2.06. The highest BCUT2D eigenvalue weighted by Gasteiger charge is 2.10. The molecule has 2 rings (SSSR count). The summed E-state index contributed by atoms with van der Waals surface area (Å²) in [6.45, 7) is 0.396. The zero-order valence-electron chi connectivity index (χ0n) is 8.59. The summed E-state index contributed by atoms with van der Waals surface area (Å²) in [5.41, 5.74) is 6.58. The predicted molar refractivity (Wildman–Crippen MR) is 62.3 cm³/mol. The van der Waals surface area contributed by atoms with Crippen LogP contribution in [0, 0.1) is 0 Å². The number of nitrogens with two attached hydrogens (primary N) is 1. The van der Waals surface area contributed by atoms with E-state index < -0.39 is 0 Å². The van der Waals surface area contributed by atoms with Gasteiger partial charge < -0.3 is 5.73 Å². The number of aromatic nitrogens is 4. The van der Waals surface area contributed by atoms with Crippen LogP contribution in [0.2, 0.25) is 5.02 Å². The second kappa shape index (κ2) is 4.82. The lowest BCUT2D eigenvalue weighted by molar-refractivity contribution is 0.664. The van der Waals surface area contributed by atoms with Crippen LogP contribution in [0.4, 0.5) is 0 Å². The molecule has 84 valence electrons. The van der Waals surface area contributed by atoms with Crippen molar-refractivity contribution in [2.45, 2.75) is 16.6 Å². The maximum atomic E-state index is 6.06. The molecular weight excluding hydrogens is 246 g/mol. The van der Waals surface area contributed by atoms with Crippen LogP contribution in [-0.4, -0.2) is 20.2 Å². The Morgan fingerprint density at radius 2 is 2.31 bits per heavy atom. The maximum absolute atomic E-state index is 6.06. The monoisotopic (exact) mass is 255 g/mol. The Morgan fingerprint density at radius 3 is 2.94 bits per heavy atom. The van der Waals surface area contributed by atoms with Crippen LogP contribution in [0.15, 0.2) is 28.3 Å². The van der Waals surface area contributed by atoms with E-state index in [1.165, 1.54) is 11.8 Å². The largest absolute Gasteiger partial charge is 0.326 e. The standard InChI is InChI=1S/C9H10ClN5S/c1-15-9(12-13-14-15)16-8-4-2-3-7(10)6(8)5-11/h2-4H,5,11H2,1H3. The predicted octanol–water partition coefficient (Wildman–Crippen LogP) is 1.47. The lowest BCUT2D eigenvalue weighted by Crippen LogP contribution is -2.00. The SMILES string of the molecule is Cn1nnnc1Sc1cccc(Cl)c1CN. The van der Waals surface area contributed by atoms with Gasteiger partial charge in [-0.25, -0.2) is 4.68 Å². The summed E-state index contributed by atoms with van der Waals surface area (Å²) in [6, 6.07) is 5.66. The number of tetrazole rings is 1. The van der Waals surface area contributed by atoms with Crippen LogP contribution in [0.5, 0.6) is 0 Å². The van der Waals surface area contributed by atoms with Gasteiger partial charge >= 0.3 is 0 Å². The first-order valence-corrected chi connectivity index (χ1v) is 5.79. The van der Waals surface area contributed by atoms with Gasteiger partial charge in [-0.2, -0.15) is 0 Å². The fourth-order valence-electron chi connectivity index (χ4n) is 1.24. The minimum absolute atomic E-state index is 0.396. The lowest BCUT2D eigenvalue weighted by Gasteiger charge is -2.07. The summed E-state index contributed by atoms with van der Waals surface area (Å²) >= 11 is 7.51. The second-order valence-corrected chi connectivity index (χ2v) is 4.52. The molecule has 0 aliphatic rings. The molecule has 2 N–H and O–H groups in total. The van der Waals surface area contributed by atoms with Crippen LogP contribution in [0.3, 0.4) is 0 Å². The Morgan fingerprint density at radius 1 is 1.50 bits per heavy atom. The molecule has 0 atom stereocenters. The van der Waals surface area contributed by atoms with Gasteiger partial charge in [0.1, 0.15) is 0 Å². The van der Waals surface area contributed by atoms with Gasteiger partial charge in [0, 0.05) is 23.5 Å². The summed E-state index contributed by atoms with van der Waals surface area (Å²) < 4.78 is 1.60. The number of halogens is 1. The van der Waals surface area contributed by atoms with Crippen molar-refractivity contribution >= 4 is 23.4 Å². The van der Waals surface area contributed by atoms with Crippen LogP contribution in [0.1, 0.15) is 5.56 Å². The third kappa shape index (κ3) is 2.18. The molecule has 0 radical (unpaired) electrons. The number of hydrogen-bond donors (Lipinski definition) is 1. The van der Waals surface area contributed by atoms with Crippen molar-refractivity contribution in [3.05, 3.63) is 28.8 Å². The molecule has 0 bridgehead atoms. The second-order valence-electron chi connectivity index (χ2n) is 3.11. The van der Waals surface area contributed by atoms with Crippen molar-refractivity contribution in [3.63, 3.8) is 0 Å². The van der Waals surface area contributed by atoms with Crippen molar-refractivity contribution in [2.75, 3.05) is 0 Å². The van der Waals surface area contributed by atoms with E-state index >= 15 is 0 Å². The fourth-order valence-corrected chi connectivity index (χ4v) is 2.45. The van der Waals surface area contributed by atoms with E-state index in [-0.39, 0.29) is 0 Å². The van der Waals surface area contributed by atoms with Gasteiger partial charge in [0.2, 0.25) is 5.16 Å². The van der Waals surface area contributed by atoms with Gasteiger partial charge in [0.05, 0.1) is 0 Å². The van der Waals surface area contributed by atoms with E-state index in [0.29, 0.717) is 16.7 Å². The van der Waals surface area contributed by atoms with Gasteiger partial charge in [-0.1, -0.05) is 17.7 Å². The highest BCUT2D eigenvalue weighted by molar-refractivity contribution is 7.99. The molecule has 5 nitrogen and oxygen atoms in total. The Hall–Kier alpha value is -1.11. The van der Waals surface area contributed by atoms with Crippen molar-refractivity contribution < 1.29 is 0 Å². The Labute approximate surface area is 102 Å². The van der Waals surface area contributed by atoms with Gasteiger partial charge in [-0.05, 0) is 39.9 Å². The Kier molecular flexibility index (Phi) is 3.42. The molecule has 0 amide bonds. The lowest BCUT2D eigenvalue weighted by atomic mass is 10.2.